The molecule has 1 unspecified atom stereocenters. The van der Waals surface area contributed by atoms with E-state index < -0.39 is 0 Å². The van der Waals surface area contributed by atoms with Crippen molar-refractivity contribution >= 4 is 5.91 Å². The maximum Gasteiger partial charge on any atom is 0.236 e. The van der Waals surface area contributed by atoms with Crippen molar-refractivity contribution in [3.63, 3.8) is 0 Å². The molecular weight excluding hydrogens is 204 g/mol. The molecule has 0 spiro atoms. The molecule has 0 aromatic carbocycles. The Morgan fingerprint density at radius 1 is 1.62 bits per heavy atom. The van der Waals surface area contributed by atoms with Crippen molar-refractivity contribution in [2.45, 2.75) is 38.8 Å². The van der Waals surface area contributed by atoms with Crippen LogP contribution in [0.3, 0.4) is 0 Å². The molecule has 3 N–H and O–H groups in total. The van der Waals surface area contributed by atoms with Gasteiger partial charge in [-0.15, -0.1) is 0 Å². The molecule has 5 heteroatoms. The highest BCUT2D eigenvalue weighted by Gasteiger charge is 2.11. The van der Waals surface area contributed by atoms with Gasteiger partial charge in [-0.3, -0.25) is 9.48 Å². The van der Waals surface area contributed by atoms with Crippen LogP contribution < -0.4 is 11.1 Å². The smallest absolute Gasteiger partial charge is 0.236 e. The Kier molecular flexibility index (Phi) is 5.56. The van der Waals surface area contributed by atoms with Gasteiger partial charge in [0.15, 0.2) is 0 Å². The van der Waals surface area contributed by atoms with Crippen molar-refractivity contribution in [3.05, 3.63) is 18.5 Å². The lowest BCUT2D eigenvalue weighted by Gasteiger charge is -2.11. The van der Waals surface area contributed by atoms with Crippen molar-refractivity contribution < 1.29 is 4.79 Å². The maximum absolute atomic E-state index is 11.5. The lowest BCUT2D eigenvalue weighted by molar-refractivity contribution is -0.122. The van der Waals surface area contributed by atoms with Crippen LogP contribution in [0.1, 0.15) is 26.2 Å². The summed E-state index contributed by atoms with van der Waals surface area (Å²) in [4.78, 5) is 11.5. The maximum atomic E-state index is 11.5. The number of carbonyl (C=O) groups excluding carboxylic acids is 1. The van der Waals surface area contributed by atoms with Crippen molar-refractivity contribution in [1.29, 1.82) is 0 Å². The number of amides is 1. The van der Waals surface area contributed by atoms with Crippen molar-refractivity contribution in [2.75, 3.05) is 6.54 Å². The van der Waals surface area contributed by atoms with E-state index in [-0.39, 0.29) is 11.9 Å². The third-order valence-electron chi connectivity index (χ3n) is 2.40. The van der Waals surface area contributed by atoms with E-state index >= 15 is 0 Å². The number of nitrogens with one attached hydrogen (secondary N) is 1. The van der Waals surface area contributed by atoms with Crippen molar-refractivity contribution in [1.82, 2.24) is 15.1 Å². The molecule has 0 saturated heterocycles. The van der Waals surface area contributed by atoms with Gasteiger partial charge in [0, 0.05) is 18.9 Å². The molecule has 0 saturated carbocycles. The minimum absolute atomic E-state index is 0.0689. The van der Waals surface area contributed by atoms with Gasteiger partial charge < -0.3 is 11.1 Å². The van der Waals surface area contributed by atoms with Crippen LogP contribution in [0.2, 0.25) is 0 Å². The average molecular weight is 224 g/mol. The van der Waals surface area contributed by atoms with E-state index in [9.17, 15) is 4.79 Å². The lowest BCUT2D eigenvalue weighted by Crippen LogP contribution is -2.41. The van der Waals surface area contributed by atoms with E-state index in [1.165, 1.54) is 0 Å². The Bertz CT molecular complexity index is 297. The fraction of sp³-hybridized carbons (Fsp3) is 0.636. The minimum atomic E-state index is -0.377. The second kappa shape index (κ2) is 7.00. The molecule has 1 atom stereocenters. The summed E-state index contributed by atoms with van der Waals surface area (Å²) in [6.45, 7) is 3.34. The highest BCUT2D eigenvalue weighted by molar-refractivity contribution is 5.81. The fourth-order valence-corrected chi connectivity index (χ4v) is 1.41. The van der Waals surface area contributed by atoms with E-state index in [1.807, 2.05) is 12.3 Å². The number of aromatic nitrogens is 2. The van der Waals surface area contributed by atoms with Gasteiger partial charge in [-0.05, 0) is 12.5 Å². The average Bonchev–Trinajstić information content (AvgIpc) is 2.78. The first-order valence-electron chi connectivity index (χ1n) is 5.74. The Hall–Kier alpha value is -1.36. The van der Waals surface area contributed by atoms with Gasteiger partial charge in [0.25, 0.3) is 0 Å². The van der Waals surface area contributed by atoms with Gasteiger partial charge in [-0.1, -0.05) is 19.8 Å². The summed E-state index contributed by atoms with van der Waals surface area (Å²) < 4.78 is 1.78. The third kappa shape index (κ3) is 4.44. The van der Waals surface area contributed by atoms with Crippen LogP contribution >= 0.6 is 0 Å². The van der Waals surface area contributed by atoms with Crippen LogP contribution in [0.5, 0.6) is 0 Å². The molecule has 0 radical (unpaired) electrons. The second-order valence-corrected chi connectivity index (χ2v) is 3.81. The normalized spacial score (nSPS) is 12.4. The third-order valence-corrected chi connectivity index (χ3v) is 2.40. The van der Waals surface area contributed by atoms with E-state index in [0.717, 1.165) is 19.3 Å². The summed E-state index contributed by atoms with van der Waals surface area (Å²) in [5.41, 5.74) is 5.73. The molecule has 0 aliphatic heterocycles. The van der Waals surface area contributed by atoms with Crippen molar-refractivity contribution in [2.24, 2.45) is 5.73 Å². The highest BCUT2D eigenvalue weighted by Crippen LogP contribution is 1.97. The Balaban J connectivity index is 2.14. The first kappa shape index (κ1) is 12.7. The first-order valence-corrected chi connectivity index (χ1v) is 5.74. The quantitative estimate of drug-likeness (QED) is 0.709. The predicted molar refractivity (Wildman–Crippen MR) is 62.7 cm³/mol. The largest absolute Gasteiger partial charge is 0.353 e. The molecule has 0 aliphatic rings. The second-order valence-electron chi connectivity index (χ2n) is 3.81. The fourth-order valence-electron chi connectivity index (χ4n) is 1.41. The summed E-state index contributed by atoms with van der Waals surface area (Å²) >= 11 is 0. The van der Waals surface area contributed by atoms with Crippen LogP contribution in [-0.2, 0) is 11.3 Å². The molecule has 16 heavy (non-hydrogen) atoms. The zero-order valence-electron chi connectivity index (χ0n) is 9.72. The molecule has 1 amide bonds. The summed E-state index contributed by atoms with van der Waals surface area (Å²) in [7, 11) is 0. The lowest BCUT2D eigenvalue weighted by atomic mass is 10.1. The number of nitrogens with two attached hydrogens (primary N) is 1. The van der Waals surface area contributed by atoms with Crippen molar-refractivity contribution in [3.8, 4) is 0 Å². The number of nitrogens with zero attached hydrogens (tertiary/aromatic N) is 2. The highest BCUT2D eigenvalue weighted by atomic mass is 16.2. The zero-order chi connectivity index (χ0) is 11.8. The van der Waals surface area contributed by atoms with Crippen LogP contribution in [0, 0.1) is 0 Å². The number of rotatable bonds is 7. The van der Waals surface area contributed by atoms with E-state index in [1.54, 1.807) is 10.9 Å². The van der Waals surface area contributed by atoms with Gasteiger partial charge >= 0.3 is 0 Å². The Labute approximate surface area is 96.0 Å². The summed E-state index contributed by atoms with van der Waals surface area (Å²) in [5, 5.41) is 6.85. The van der Waals surface area contributed by atoms with E-state index in [4.69, 9.17) is 5.73 Å². The molecule has 0 bridgehead atoms. The molecule has 1 heterocycles. The van der Waals surface area contributed by atoms with E-state index in [2.05, 4.69) is 17.3 Å². The monoisotopic (exact) mass is 224 g/mol. The summed E-state index contributed by atoms with van der Waals surface area (Å²) in [5.74, 6) is -0.0689. The summed E-state index contributed by atoms with van der Waals surface area (Å²) in [6, 6.07) is 1.48. The Morgan fingerprint density at radius 2 is 2.44 bits per heavy atom. The van der Waals surface area contributed by atoms with E-state index in [0.29, 0.717) is 13.1 Å². The molecule has 1 aromatic rings. The minimum Gasteiger partial charge on any atom is -0.353 e. The predicted octanol–water partition coefficient (Wildman–Crippen LogP) is 0.517. The molecular formula is C11H20N4O. The Morgan fingerprint density at radius 3 is 3.06 bits per heavy atom. The van der Waals surface area contributed by atoms with Gasteiger partial charge in [0.2, 0.25) is 5.91 Å². The molecule has 0 fully saturated rings. The van der Waals surface area contributed by atoms with Crippen LogP contribution in [0.4, 0.5) is 0 Å². The standard InChI is InChI=1S/C11H20N4O/c1-2-3-5-10(12)11(16)13-7-9-15-8-4-6-14-15/h4,6,8,10H,2-3,5,7,9,12H2,1H3,(H,13,16). The number of carbonyl (C=O) groups is 1. The molecule has 90 valence electrons. The van der Waals surface area contributed by atoms with Gasteiger partial charge in [-0.25, -0.2) is 0 Å². The van der Waals surface area contributed by atoms with Crippen LogP contribution in [0.15, 0.2) is 18.5 Å². The number of hydrogen-bond donors (Lipinski definition) is 2. The molecule has 0 aliphatic carbocycles. The first-order chi connectivity index (χ1) is 7.74. The van der Waals surface area contributed by atoms with Crippen LogP contribution in [-0.4, -0.2) is 28.3 Å². The molecule has 1 rings (SSSR count). The van der Waals surface area contributed by atoms with Gasteiger partial charge in [0.1, 0.15) is 0 Å². The SMILES string of the molecule is CCCCC(N)C(=O)NCCn1cccn1. The van der Waals surface area contributed by atoms with Gasteiger partial charge in [-0.2, -0.15) is 5.10 Å². The zero-order valence-corrected chi connectivity index (χ0v) is 9.72. The topological polar surface area (TPSA) is 72.9 Å². The summed E-state index contributed by atoms with van der Waals surface area (Å²) in [6.07, 6.45) is 6.39. The molecule has 1 aromatic heterocycles. The molecule has 5 nitrogen and oxygen atoms in total. The van der Waals surface area contributed by atoms with Gasteiger partial charge in [0.05, 0.1) is 12.6 Å². The number of unbranched alkanes of at least 4 members (excludes halogenated alkanes) is 1. The number of hydrogen-bond acceptors (Lipinski definition) is 3. The van der Waals surface area contributed by atoms with Crippen LogP contribution in [0.25, 0.3) is 0 Å².